The Balaban J connectivity index is 1.40. The molecule has 7 nitrogen and oxygen atoms in total. The van der Waals surface area contributed by atoms with Crippen molar-refractivity contribution in [2.75, 3.05) is 23.3 Å². The van der Waals surface area contributed by atoms with Crippen molar-refractivity contribution < 1.29 is 14.0 Å². The first-order chi connectivity index (χ1) is 16.0. The van der Waals surface area contributed by atoms with Crippen LogP contribution in [0.5, 0.6) is 0 Å². The number of rotatable bonds is 7. The Bertz CT molecular complexity index is 1200. The Morgan fingerprint density at radius 3 is 2.42 bits per heavy atom. The predicted octanol–water partition coefficient (Wildman–Crippen LogP) is 3.16. The van der Waals surface area contributed by atoms with Crippen LogP contribution in [0, 0.1) is 5.82 Å². The lowest BCUT2D eigenvalue weighted by molar-refractivity contribution is -0.121. The summed E-state index contributed by atoms with van der Waals surface area (Å²) in [6.45, 7) is 2.16. The topological polar surface area (TPSA) is 83.4 Å². The minimum absolute atomic E-state index is 0.206. The number of benzene rings is 2. The molecule has 1 aliphatic heterocycles. The number of para-hydroxylation sites is 1. The second-order valence-corrected chi connectivity index (χ2v) is 7.94. The van der Waals surface area contributed by atoms with Crippen LogP contribution in [0.2, 0.25) is 0 Å². The first-order valence-electron chi connectivity index (χ1n) is 10.9. The molecule has 2 aromatic carbocycles. The first kappa shape index (κ1) is 22.3. The number of aromatic nitrogens is 1. The number of hydrogen-bond acceptors (Lipinski definition) is 4. The molecular weight excluding hydrogens is 423 g/mol. The molecule has 0 atom stereocenters. The molecule has 33 heavy (non-hydrogen) atoms. The summed E-state index contributed by atoms with van der Waals surface area (Å²) in [6.07, 6.45) is 3.67. The average molecular weight is 448 g/mol. The highest BCUT2D eigenvalue weighted by Gasteiger charge is 2.16. The Morgan fingerprint density at radius 1 is 0.939 bits per heavy atom. The number of amides is 2. The standard InChI is InChI=1S/C25H25FN4O3/c26-20-8-10-21(11-9-20)28-25(33)19-7-12-24(32)30(16-19)17-23(31)27-15-18-5-1-2-6-22(18)29-13-3-4-14-29/h1-2,5-12,16H,3-4,13-15,17H2,(H,27,31)(H,28,33). The van der Waals surface area contributed by atoms with E-state index in [4.69, 9.17) is 0 Å². The van der Waals surface area contributed by atoms with Gasteiger partial charge < -0.3 is 20.1 Å². The molecule has 0 spiro atoms. The Kier molecular flexibility index (Phi) is 6.83. The summed E-state index contributed by atoms with van der Waals surface area (Å²) in [4.78, 5) is 39.6. The third-order valence-corrected chi connectivity index (χ3v) is 5.58. The smallest absolute Gasteiger partial charge is 0.257 e. The van der Waals surface area contributed by atoms with Gasteiger partial charge in [-0.3, -0.25) is 14.4 Å². The molecule has 0 bridgehead atoms. The van der Waals surface area contributed by atoms with E-state index in [2.05, 4.69) is 21.6 Å². The van der Waals surface area contributed by atoms with Gasteiger partial charge in [-0.25, -0.2) is 4.39 Å². The van der Waals surface area contributed by atoms with Gasteiger partial charge in [0.1, 0.15) is 12.4 Å². The van der Waals surface area contributed by atoms with Crippen molar-refractivity contribution in [1.82, 2.24) is 9.88 Å². The Morgan fingerprint density at radius 2 is 1.67 bits per heavy atom. The maximum Gasteiger partial charge on any atom is 0.257 e. The van der Waals surface area contributed by atoms with Crippen LogP contribution in [0.15, 0.2) is 71.7 Å². The lowest BCUT2D eigenvalue weighted by Gasteiger charge is -2.21. The third kappa shape index (κ3) is 5.65. The Hall–Kier alpha value is -3.94. The van der Waals surface area contributed by atoms with Gasteiger partial charge in [-0.15, -0.1) is 0 Å². The van der Waals surface area contributed by atoms with Crippen molar-refractivity contribution in [3.05, 3.63) is 94.2 Å². The molecule has 0 radical (unpaired) electrons. The SMILES string of the molecule is O=C(Cn1cc(C(=O)Nc2ccc(F)cc2)ccc1=O)NCc1ccccc1N1CCCC1. The van der Waals surface area contributed by atoms with Crippen LogP contribution < -0.4 is 21.1 Å². The Labute approximate surface area is 190 Å². The van der Waals surface area contributed by atoms with Crippen LogP contribution >= 0.6 is 0 Å². The number of nitrogens with one attached hydrogen (secondary N) is 2. The van der Waals surface area contributed by atoms with Gasteiger partial charge in [-0.2, -0.15) is 0 Å². The number of carbonyl (C=O) groups excluding carboxylic acids is 2. The third-order valence-electron chi connectivity index (χ3n) is 5.58. The van der Waals surface area contributed by atoms with E-state index < -0.39 is 11.7 Å². The van der Waals surface area contributed by atoms with Crippen LogP contribution in [-0.4, -0.2) is 29.5 Å². The van der Waals surface area contributed by atoms with Gasteiger partial charge in [0, 0.05) is 43.3 Å². The van der Waals surface area contributed by atoms with Crippen molar-refractivity contribution in [1.29, 1.82) is 0 Å². The molecule has 170 valence electrons. The zero-order valence-electron chi connectivity index (χ0n) is 18.1. The fourth-order valence-electron chi connectivity index (χ4n) is 3.86. The average Bonchev–Trinajstić information content (AvgIpc) is 3.35. The van der Waals surface area contributed by atoms with Crippen molar-refractivity contribution in [2.24, 2.45) is 0 Å². The number of nitrogens with zero attached hydrogens (tertiary/aromatic N) is 2. The van der Waals surface area contributed by atoms with Gasteiger partial charge in [-0.05, 0) is 54.8 Å². The van der Waals surface area contributed by atoms with Gasteiger partial charge in [0.15, 0.2) is 0 Å². The molecule has 4 rings (SSSR count). The summed E-state index contributed by atoms with van der Waals surface area (Å²) in [5, 5.41) is 5.51. The van der Waals surface area contributed by atoms with E-state index in [1.165, 1.54) is 47.2 Å². The van der Waals surface area contributed by atoms with E-state index >= 15 is 0 Å². The van der Waals surface area contributed by atoms with Gasteiger partial charge in [-0.1, -0.05) is 18.2 Å². The van der Waals surface area contributed by atoms with Gasteiger partial charge in [0.05, 0.1) is 5.56 Å². The number of pyridine rings is 1. The number of hydrogen-bond donors (Lipinski definition) is 2. The summed E-state index contributed by atoms with van der Waals surface area (Å²) < 4.78 is 14.2. The zero-order chi connectivity index (χ0) is 23.2. The molecule has 1 saturated heterocycles. The maximum atomic E-state index is 13.0. The van der Waals surface area contributed by atoms with Gasteiger partial charge in [0.2, 0.25) is 5.91 Å². The van der Waals surface area contributed by atoms with E-state index in [0.29, 0.717) is 12.2 Å². The molecule has 2 heterocycles. The van der Waals surface area contributed by atoms with Crippen LogP contribution in [0.4, 0.5) is 15.8 Å². The molecule has 1 aliphatic rings. The molecule has 1 aromatic heterocycles. The predicted molar refractivity (Wildman–Crippen MR) is 125 cm³/mol. The summed E-state index contributed by atoms with van der Waals surface area (Å²) in [7, 11) is 0. The van der Waals surface area contributed by atoms with E-state index in [0.717, 1.165) is 37.2 Å². The largest absolute Gasteiger partial charge is 0.371 e. The molecule has 2 N–H and O–H groups in total. The number of carbonyl (C=O) groups is 2. The van der Waals surface area contributed by atoms with Crippen molar-refractivity contribution in [3.63, 3.8) is 0 Å². The quantitative estimate of drug-likeness (QED) is 0.582. The highest BCUT2D eigenvalue weighted by Crippen LogP contribution is 2.24. The molecular formula is C25H25FN4O3. The van der Waals surface area contributed by atoms with Crippen molar-refractivity contribution in [3.8, 4) is 0 Å². The lowest BCUT2D eigenvalue weighted by Crippen LogP contribution is -2.32. The molecule has 0 aliphatic carbocycles. The molecule has 2 amide bonds. The summed E-state index contributed by atoms with van der Waals surface area (Å²) in [5.74, 6) is -1.20. The maximum absolute atomic E-state index is 13.0. The van der Waals surface area contributed by atoms with Gasteiger partial charge >= 0.3 is 0 Å². The number of anilines is 2. The minimum Gasteiger partial charge on any atom is -0.371 e. The second kappa shape index (κ2) is 10.1. The van der Waals surface area contributed by atoms with E-state index in [1.54, 1.807) is 0 Å². The van der Waals surface area contributed by atoms with Crippen LogP contribution in [0.3, 0.4) is 0 Å². The van der Waals surface area contributed by atoms with E-state index in [9.17, 15) is 18.8 Å². The first-order valence-corrected chi connectivity index (χ1v) is 10.9. The van der Waals surface area contributed by atoms with E-state index in [1.807, 2.05) is 18.2 Å². The highest BCUT2D eigenvalue weighted by atomic mass is 19.1. The van der Waals surface area contributed by atoms with Crippen LogP contribution in [0.1, 0.15) is 28.8 Å². The molecule has 0 saturated carbocycles. The van der Waals surface area contributed by atoms with E-state index in [-0.39, 0.29) is 23.6 Å². The monoisotopic (exact) mass is 448 g/mol. The highest BCUT2D eigenvalue weighted by molar-refractivity contribution is 6.04. The molecule has 1 fully saturated rings. The summed E-state index contributed by atoms with van der Waals surface area (Å²) in [6, 6.07) is 16.0. The lowest BCUT2D eigenvalue weighted by atomic mass is 10.1. The fraction of sp³-hybridized carbons (Fsp3) is 0.240. The zero-order valence-corrected chi connectivity index (χ0v) is 18.1. The van der Waals surface area contributed by atoms with Crippen LogP contribution in [-0.2, 0) is 17.9 Å². The number of halogens is 1. The van der Waals surface area contributed by atoms with Gasteiger partial charge in [0.25, 0.3) is 11.5 Å². The van der Waals surface area contributed by atoms with Crippen molar-refractivity contribution >= 4 is 23.2 Å². The van der Waals surface area contributed by atoms with Crippen LogP contribution in [0.25, 0.3) is 0 Å². The molecule has 8 heteroatoms. The summed E-state index contributed by atoms with van der Waals surface area (Å²) in [5.41, 5.74) is 2.39. The molecule has 0 unspecified atom stereocenters. The summed E-state index contributed by atoms with van der Waals surface area (Å²) >= 11 is 0. The normalized spacial score (nSPS) is 13.1. The minimum atomic E-state index is -0.463. The molecule has 3 aromatic rings. The second-order valence-electron chi connectivity index (χ2n) is 7.94. The van der Waals surface area contributed by atoms with Crippen molar-refractivity contribution in [2.45, 2.75) is 25.9 Å². The fourth-order valence-corrected chi connectivity index (χ4v) is 3.86.